The molecular weight excluding hydrogens is 306 g/mol. The molecule has 0 atom stereocenters. The van der Waals surface area contributed by atoms with E-state index in [4.69, 9.17) is 0 Å². The van der Waals surface area contributed by atoms with Gasteiger partial charge in [0, 0.05) is 17.0 Å². The molecule has 118 valence electrons. The van der Waals surface area contributed by atoms with Crippen molar-refractivity contribution < 1.29 is 13.6 Å². The van der Waals surface area contributed by atoms with Crippen molar-refractivity contribution in [2.75, 3.05) is 13.1 Å². The Kier molecular flexibility index (Phi) is 6.03. The van der Waals surface area contributed by atoms with Crippen molar-refractivity contribution in [2.24, 2.45) is 0 Å². The average molecular weight is 324 g/mol. The third kappa shape index (κ3) is 4.61. The van der Waals surface area contributed by atoms with E-state index < -0.39 is 11.6 Å². The molecule has 2 rings (SSSR count). The summed E-state index contributed by atoms with van der Waals surface area (Å²) in [5.41, 5.74) is 0.257. The number of carbonyl (C=O) groups is 1. The number of nitrogens with one attached hydrogen (secondary N) is 1. The van der Waals surface area contributed by atoms with E-state index in [-0.39, 0.29) is 24.6 Å². The second kappa shape index (κ2) is 8.00. The standard InChI is InChI=1S/C16H18F2N2OS/c1-2-20(10-12-5-3-7-14(17)16(12)18)11-15(21)19-9-13-6-4-8-22-13/h3-8H,2,9-11H2,1H3,(H,19,21). The minimum Gasteiger partial charge on any atom is -0.350 e. The summed E-state index contributed by atoms with van der Waals surface area (Å²) in [5.74, 6) is -1.84. The lowest BCUT2D eigenvalue weighted by molar-refractivity contribution is -0.122. The SMILES string of the molecule is CCN(CC(=O)NCc1cccs1)Cc1cccc(F)c1F. The number of amides is 1. The lowest BCUT2D eigenvalue weighted by Crippen LogP contribution is -2.36. The first-order valence-corrected chi connectivity index (χ1v) is 7.92. The summed E-state index contributed by atoms with van der Waals surface area (Å²) in [7, 11) is 0. The van der Waals surface area contributed by atoms with E-state index in [9.17, 15) is 13.6 Å². The molecule has 6 heteroatoms. The molecule has 0 saturated heterocycles. The highest BCUT2D eigenvalue weighted by atomic mass is 32.1. The quantitative estimate of drug-likeness (QED) is 0.848. The third-order valence-electron chi connectivity index (χ3n) is 3.28. The molecule has 1 amide bonds. The number of hydrogen-bond donors (Lipinski definition) is 1. The van der Waals surface area contributed by atoms with Crippen molar-refractivity contribution in [3.05, 3.63) is 57.8 Å². The normalized spacial score (nSPS) is 10.9. The van der Waals surface area contributed by atoms with Crippen LogP contribution in [0.3, 0.4) is 0 Å². The molecule has 1 aromatic carbocycles. The van der Waals surface area contributed by atoms with Crippen LogP contribution >= 0.6 is 11.3 Å². The number of thiophene rings is 1. The maximum Gasteiger partial charge on any atom is 0.234 e. The van der Waals surface area contributed by atoms with Gasteiger partial charge in [-0.2, -0.15) is 0 Å². The molecule has 22 heavy (non-hydrogen) atoms. The fourth-order valence-corrected chi connectivity index (χ4v) is 2.69. The molecule has 1 N–H and O–H groups in total. The molecule has 0 aliphatic carbocycles. The maximum absolute atomic E-state index is 13.7. The Hall–Kier alpha value is -1.79. The number of carbonyl (C=O) groups excluding carboxylic acids is 1. The van der Waals surface area contributed by atoms with E-state index in [1.165, 1.54) is 12.1 Å². The van der Waals surface area contributed by atoms with Crippen LogP contribution < -0.4 is 5.32 Å². The van der Waals surface area contributed by atoms with Crippen LogP contribution in [0.1, 0.15) is 17.4 Å². The van der Waals surface area contributed by atoms with Crippen LogP contribution in [0, 0.1) is 11.6 Å². The van der Waals surface area contributed by atoms with Crippen LogP contribution in [0.15, 0.2) is 35.7 Å². The van der Waals surface area contributed by atoms with E-state index in [0.717, 1.165) is 10.9 Å². The lowest BCUT2D eigenvalue weighted by atomic mass is 10.2. The Bertz CT molecular complexity index is 617. The Morgan fingerprint density at radius 1 is 1.27 bits per heavy atom. The maximum atomic E-state index is 13.7. The lowest BCUT2D eigenvalue weighted by Gasteiger charge is -2.20. The van der Waals surface area contributed by atoms with Gasteiger partial charge in [0.2, 0.25) is 5.91 Å². The van der Waals surface area contributed by atoms with Crippen LogP contribution in [0.2, 0.25) is 0 Å². The monoisotopic (exact) mass is 324 g/mol. The van der Waals surface area contributed by atoms with Crippen LogP contribution in [0.4, 0.5) is 8.78 Å². The molecule has 0 aliphatic rings. The zero-order chi connectivity index (χ0) is 15.9. The Morgan fingerprint density at radius 2 is 2.09 bits per heavy atom. The van der Waals surface area contributed by atoms with Crippen molar-refractivity contribution in [3.8, 4) is 0 Å². The largest absolute Gasteiger partial charge is 0.350 e. The van der Waals surface area contributed by atoms with Gasteiger partial charge < -0.3 is 5.32 Å². The fraction of sp³-hybridized carbons (Fsp3) is 0.312. The summed E-state index contributed by atoms with van der Waals surface area (Å²) in [6, 6.07) is 7.97. The Morgan fingerprint density at radius 3 is 2.77 bits per heavy atom. The van der Waals surface area contributed by atoms with Gasteiger partial charge in [0.05, 0.1) is 13.1 Å². The minimum atomic E-state index is -0.865. The van der Waals surface area contributed by atoms with Crippen LogP contribution in [-0.2, 0) is 17.9 Å². The van der Waals surface area contributed by atoms with Gasteiger partial charge in [0.25, 0.3) is 0 Å². The molecule has 0 saturated carbocycles. The molecule has 0 unspecified atom stereocenters. The van der Waals surface area contributed by atoms with Crippen molar-refractivity contribution in [1.29, 1.82) is 0 Å². The summed E-state index contributed by atoms with van der Waals surface area (Å²) < 4.78 is 26.9. The third-order valence-corrected chi connectivity index (χ3v) is 4.16. The van der Waals surface area contributed by atoms with E-state index in [1.807, 2.05) is 24.4 Å². The summed E-state index contributed by atoms with van der Waals surface area (Å²) in [6.07, 6.45) is 0. The first-order valence-electron chi connectivity index (χ1n) is 7.04. The number of hydrogen-bond acceptors (Lipinski definition) is 3. The number of likely N-dealkylation sites (N-methyl/N-ethyl adjacent to an activating group) is 1. The highest BCUT2D eigenvalue weighted by Gasteiger charge is 2.14. The zero-order valence-electron chi connectivity index (χ0n) is 12.3. The van der Waals surface area contributed by atoms with E-state index in [2.05, 4.69) is 5.32 Å². The van der Waals surface area contributed by atoms with Crippen molar-refractivity contribution in [2.45, 2.75) is 20.0 Å². The highest BCUT2D eigenvalue weighted by Crippen LogP contribution is 2.13. The number of nitrogens with zero attached hydrogens (tertiary/aromatic N) is 1. The number of halogens is 2. The van der Waals surface area contributed by atoms with Crippen molar-refractivity contribution in [1.82, 2.24) is 10.2 Å². The van der Waals surface area contributed by atoms with Gasteiger partial charge in [-0.05, 0) is 24.1 Å². The van der Waals surface area contributed by atoms with Crippen LogP contribution in [0.25, 0.3) is 0 Å². The minimum absolute atomic E-state index is 0.132. The summed E-state index contributed by atoms with van der Waals surface area (Å²) in [5, 5.41) is 4.77. The number of rotatable bonds is 7. The smallest absolute Gasteiger partial charge is 0.234 e. The molecule has 0 spiro atoms. The molecule has 0 aliphatic heterocycles. The molecule has 2 aromatic rings. The molecule has 0 bridgehead atoms. The van der Waals surface area contributed by atoms with Crippen molar-refractivity contribution >= 4 is 17.2 Å². The topological polar surface area (TPSA) is 32.3 Å². The second-order valence-corrected chi connectivity index (χ2v) is 5.90. The van der Waals surface area contributed by atoms with Crippen LogP contribution in [0.5, 0.6) is 0 Å². The van der Waals surface area contributed by atoms with Gasteiger partial charge in [-0.25, -0.2) is 8.78 Å². The van der Waals surface area contributed by atoms with Gasteiger partial charge in [-0.15, -0.1) is 11.3 Å². The number of benzene rings is 1. The first kappa shape index (κ1) is 16.6. The van der Waals surface area contributed by atoms with Crippen LogP contribution in [-0.4, -0.2) is 23.9 Å². The van der Waals surface area contributed by atoms with Crippen molar-refractivity contribution in [3.63, 3.8) is 0 Å². The zero-order valence-corrected chi connectivity index (χ0v) is 13.1. The van der Waals surface area contributed by atoms with E-state index in [0.29, 0.717) is 13.1 Å². The summed E-state index contributed by atoms with van der Waals surface area (Å²) in [6.45, 7) is 3.29. The summed E-state index contributed by atoms with van der Waals surface area (Å²) >= 11 is 1.58. The molecule has 1 heterocycles. The van der Waals surface area contributed by atoms with Gasteiger partial charge in [-0.3, -0.25) is 9.69 Å². The Balaban J connectivity index is 1.88. The first-order chi connectivity index (χ1) is 10.6. The highest BCUT2D eigenvalue weighted by molar-refractivity contribution is 7.09. The van der Waals surface area contributed by atoms with E-state index >= 15 is 0 Å². The molecular formula is C16H18F2N2OS. The van der Waals surface area contributed by atoms with Gasteiger partial charge in [0.1, 0.15) is 0 Å². The second-order valence-electron chi connectivity index (χ2n) is 4.87. The average Bonchev–Trinajstić information content (AvgIpc) is 3.02. The summed E-state index contributed by atoms with van der Waals surface area (Å²) in [4.78, 5) is 14.8. The predicted molar refractivity (Wildman–Crippen MR) is 83.5 cm³/mol. The Labute approximate surface area is 132 Å². The molecule has 0 fully saturated rings. The van der Waals surface area contributed by atoms with Gasteiger partial charge in [0.15, 0.2) is 11.6 Å². The van der Waals surface area contributed by atoms with Gasteiger partial charge in [-0.1, -0.05) is 25.1 Å². The molecule has 0 radical (unpaired) electrons. The van der Waals surface area contributed by atoms with Gasteiger partial charge >= 0.3 is 0 Å². The predicted octanol–water partition coefficient (Wildman–Crippen LogP) is 3.16. The fourth-order valence-electron chi connectivity index (χ4n) is 2.05. The molecule has 3 nitrogen and oxygen atoms in total. The molecule has 1 aromatic heterocycles. The van der Waals surface area contributed by atoms with E-state index in [1.54, 1.807) is 16.2 Å².